The van der Waals surface area contributed by atoms with Crippen LogP contribution in [0.2, 0.25) is 0 Å². The average Bonchev–Trinajstić information content (AvgIpc) is 2.18. The minimum absolute atomic E-state index is 0.215. The molecule has 0 atom stereocenters. The second-order valence-corrected chi connectivity index (χ2v) is 2.59. The Balaban J connectivity index is 3.27. The molecule has 1 heterocycles. The van der Waals surface area contributed by atoms with Crippen LogP contribution in [0, 0.1) is 11.3 Å². The third-order valence-corrected chi connectivity index (χ3v) is 1.51. The Labute approximate surface area is 87.3 Å². The second-order valence-electron chi connectivity index (χ2n) is 2.59. The highest BCUT2D eigenvalue weighted by molar-refractivity contribution is 5.82. The van der Waals surface area contributed by atoms with Crippen LogP contribution < -0.4 is 10.5 Å². The van der Waals surface area contributed by atoms with Gasteiger partial charge in [-0.15, -0.1) is 13.2 Å². The summed E-state index contributed by atoms with van der Waals surface area (Å²) in [7, 11) is 0. The van der Waals surface area contributed by atoms with E-state index in [9.17, 15) is 18.0 Å². The van der Waals surface area contributed by atoms with Crippen LogP contribution in [0.25, 0.3) is 0 Å². The summed E-state index contributed by atoms with van der Waals surface area (Å²) in [4.78, 5) is 13.7. The first-order chi connectivity index (χ1) is 7.37. The number of alkyl halides is 3. The first-order valence-electron chi connectivity index (χ1n) is 3.79. The Bertz CT molecular complexity index is 465. The summed E-state index contributed by atoms with van der Waals surface area (Å²) in [6, 6.07) is 2.09. The van der Waals surface area contributed by atoms with Crippen molar-refractivity contribution in [1.82, 2.24) is 4.98 Å². The number of hydrogen-bond acceptors (Lipinski definition) is 5. The van der Waals surface area contributed by atoms with Crippen molar-refractivity contribution in [3.63, 3.8) is 0 Å². The lowest BCUT2D eigenvalue weighted by atomic mass is 10.2. The summed E-state index contributed by atoms with van der Waals surface area (Å²) in [5.74, 6) is -1.19. The van der Waals surface area contributed by atoms with E-state index in [1.54, 1.807) is 0 Å². The molecule has 5 nitrogen and oxygen atoms in total. The lowest BCUT2D eigenvalue weighted by molar-refractivity contribution is -0.274. The number of anilines is 1. The highest BCUT2D eigenvalue weighted by Gasteiger charge is 2.33. The van der Waals surface area contributed by atoms with E-state index in [0.29, 0.717) is 6.07 Å². The quantitative estimate of drug-likeness (QED) is 0.773. The van der Waals surface area contributed by atoms with Gasteiger partial charge < -0.3 is 10.5 Å². The predicted octanol–water partition coefficient (Wildman–Crippen LogP) is 1.25. The van der Waals surface area contributed by atoms with Gasteiger partial charge in [0.05, 0.1) is 5.56 Å². The van der Waals surface area contributed by atoms with Gasteiger partial charge >= 0.3 is 6.36 Å². The van der Waals surface area contributed by atoms with E-state index >= 15 is 0 Å². The Morgan fingerprint density at radius 1 is 1.56 bits per heavy atom. The number of aldehydes is 1. The topological polar surface area (TPSA) is 89.0 Å². The average molecular weight is 231 g/mol. The molecule has 8 heteroatoms. The van der Waals surface area contributed by atoms with Crippen molar-refractivity contribution in [1.29, 1.82) is 5.26 Å². The summed E-state index contributed by atoms with van der Waals surface area (Å²) in [6.45, 7) is 0. The van der Waals surface area contributed by atoms with Gasteiger partial charge in [-0.05, 0) is 6.07 Å². The first-order valence-corrected chi connectivity index (χ1v) is 3.79. The van der Waals surface area contributed by atoms with Crippen LogP contribution in [-0.4, -0.2) is 17.6 Å². The molecule has 1 rings (SSSR count). The molecule has 1 aromatic rings. The zero-order chi connectivity index (χ0) is 12.3. The summed E-state index contributed by atoms with van der Waals surface area (Å²) in [5, 5.41) is 8.50. The summed E-state index contributed by atoms with van der Waals surface area (Å²) >= 11 is 0. The molecule has 0 radical (unpaired) electrons. The van der Waals surface area contributed by atoms with E-state index in [4.69, 9.17) is 11.0 Å². The monoisotopic (exact) mass is 231 g/mol. The van der Waals surface area contributed by atoms with Gasteiger partial charge in [0, 0.05) is 0 Å². The SMILES string of the molecule is N#Cc1nc(N)c(C=O)cc1OC(F)(F)F. The fourth-order valence-corrected chi connectivity index (χ4v) is 0.901. The van der Waals surface area contributed by atoms with E-state index in [-0.39, 0.29) is 17.7 Å². The van der Waals surface area contributed by atoms with Gasteiger partial charge in [-0.25, -0.2) is 4.98 Å². The van der Waals surface area contributed by atoms with Crippen LogP contribution >= 0.6 is 0 Å². The third-order valence-electron chi connectivity index (χ3n) is 1.51. The van der Waals surface area contributed by atoms with Crippen LogP contribution in [-0.2, 0) is 0 Å². The molecule has 84 valence electrons. The number of nitrogens with zero attached hydrogens (tertiary/aromatic N) is 2. The Hall–Kier alpha value is -2.30. The maximum absolute atomic E-state index is 11.9. The molecule has 0 aliphatic heterocycles. The minimum Gasteiger partial charge on any atom is -0.403 e. The van der Waals surface area contributed by atoms with Crippen LogP contribution in [0.4, 0.5) is 19.0 Å². The molecular weight excluding hydrogens is 227 g/mol. The van der Waals surface area contributed by atoms with Gasteiger partial charge in [0.2, 0.25) is 0 Å². The number of nitrogens with two attached hydrogens (primary N) is 1. The second kappa shape index (κ2) is 4.06. The highest BCUT2D eigenvalue weighted by atomic mass is 19.4. The van der Waals surface area contributed by atoms with Crippen molar-refractivity contribution in [2.45, 2.75) is 6.36 Å². The molecule has 0 aliphatic carbocycles. The van der Waals surface area contributed by atoms with Crippen LogP contribution in [0.5, 0.6) is 5.75 Å². The normalized spacial score (nSPS) is 10.6. The van der Waals surface area contributed by atoms with Crippen LogP contribution in [0.1, 0.15) is 16.1 Å². The fraction of sp³-hybridized carbons (Fsp3) is 0.125. The number of pyridine rings is 1. The van der Waals surface area contributed by atoms with Crippen LogP contribution in [0.15, 0.2) is 6.07 Å². The maximum atomic E-state index is 11.9. The van der Waals surface area contributed by atoms with Gasteiger partial charge in [-0.1, -0.05) is 0 Å². The number of hydrogen-bond donors (Lipinski definition) is 1. The lowest BCUT2D eigenvalue weighted by Crippen LogP contribution is -2.18. The van der Waals surface area contributed by atoms with Gasteiger partial charge in [-0.2, -0.15) is 5.26 Å². The van der Waals surface area contributed by atoms with Crippen molar-refractivity contribution in [3.8, 4) is 11.8 Å². The number of nitriles is 1. The third kappa shape index (κ3) is 2.60. The molecular formula is C8H4F3N3O2. The molecule has 0 saturated carbocycles. The zero-order valence-electron chi connectivity index (χ0n) is 7.58. The number of carbonyl (C=O) groups excluding carboxylic acids is 1. The van der Waals surface area contributed by atoms with Gasteiger partial charge in [-0.3, -0.25) is 4.79 Å². The maximum Gasteiger partial charge on any atom is 0.573 e. The number of nitrogen functional groups attached to an aromatic ring is 1. The standard InChI is InChI=1S/C8H4F3N3O2/c9-8(10,11)16-6-1-4(3-15)7(13)14-5(6)2-12/h1,3H,(H2,13,14). The molecule has 2 N–H and O–H groups in total. The first kappa shape index (κ1) is 11.8. The van der Waals surface area contributed by atoms with E-state index in [0.717, 1.165) is 0 Å². The minimum atomic E-state index is -4.97. The summed E-state index contributed by atoms with van der Waals surface area (Å²) in [6.07, 6.45) is -4.75. The van der Waals surface area contributed by atoms with Gasteiger partial charge in [0.1, 0.15) is 11.9 Å². The zero-order valence-corrected chi connectivity index (χ0v) is 7.58. The Kier molecular flexibility index (Phi) is 2.99. The van der Waals surface area contributed by atoms with Crippen LogP contribution in [0.3, 0.4) is 0 Å². The number of rotatable bonds is 2. The highest BCUT2D eigenvalue weighted by Crippen LogP contribution is 2.27. The molecule has 0 bridgehead atoms. The van der Waals surface area contributed by atoms with E-state index in [1.165, 1.54) is 6.07 Å². The Morgan fingerprint density at radius 2 is 2.19 bits per heavy atom. The molecule has 1 aromatic heterocycles. The largest absolute Gasteiger partial charge is 0.573 e. The molecule has 0 unspecified atom stereocenters. The van der Waals surface area contributed by atoms with Crippen molar-refractivity contribution in [2.75, 3.05) is 5.73 Å². The molecule has 0 aromatic carbocycles. The van der Waals surface area contributed by atoms with E-state index < -0.39 is 17.8 Å². The predicted molar refractivity (Wildman–Crippen MR) is 45.4 cm³/mol. The lowest BCUT2D eigenvalue weighted by Gasteiger charge is -2.10. The molecule has 16 heavy (non-hydrogen) atoms. The van der Waals surface area contributed by atoms with Crippen molar-refractivity contribution >= 4 is 12.1 Å². The summed E-state index contributed by atoms with van der Waals surface area (Å²) < 4.78 is 39.3. The fourth-order valence-electron chi connectivity index (χ4n) is 0.901. The van der Waals surface area contributed by atoms with Crippen molar-refractivity contribution in [3.05, 3.63) is 17.3 Å². The number of ether oxygens (including phenoxy) is 1. The molecule has 0 spiro atoms. The van der Waals surface area contributed by atoms with E-state index in [2.05, 4.69) is 9.72 Å². The molecule has 0 saturated heterocycles. The molecule has 0 amide bonds. The number of aromatic nitrogens is 1. The Morgan fingerprint density at radius 3 is 2.62 bits per heavy atom. The van der Waals surface area contributed by atoms with Crippen molar-refractivity contribution < 1.29 is 22.7 Å². The van der Waals surface area contributed by atoms with E-state index in [1.807, 2.05) is 0 Å². The van der Waals surface area contributed by atoms with Gasteiger partial charge in [0.25, 0.3) is 0 Å². The molecule has 0 fully saturated rings. The number of halogens is 3. The van der Waals surface area contributed by atoms with Crippen molar-refractivity contribution in [2.24, 2.45) is 0 Å². The van der Waals surface area contributed by atoms with Gasteiger partial charge in [0.15, 0.2) is 17.7 Å². The smallest absolute Gasteiger partial charge is 0.403 e. The number of carbonyl (C=O) groups is 1. The molecule has 0 aliphatic rings. The summed E-state index contributed by atoms with van der Waals surface area (Å²) in [5.41, 5.74) is 4.29.